The SMILES string of the molecule is COC(=O)CC1C2ON=C(c3ccccc3)OC2C=CN1C(C)=O. The summed E-state index contributed by atoms with van der Waals surface area (Å²) in [7, 11) is 1.31. The van der Waals surface area contributed by atoms with Crippen molar-refractivity contribution in [2.24, 2.45) is 5.16 Å². The molecule has 0 saturated heterocycles. The van der Waals surface area contributed by atoms with Crippen molar-refractivity contribution in [3.63, 3.8) is 0 Å². The Bertz CT molecular complexity index is 685. The Hall–Kier alpha value is -2.83. The van der Waals surface area contributed by atoms with Crippen molar-refractivity contribution in [3.8, 4) is 0 Å². The molecule has 3 unspecified atom stereocenters. The number of hydrogen-bond donors (Lipinski definition) is 0. The number of carbonyl (C=O) groups excluding carboxylic acids is 2. The molecule has 2 aliphatic heterocycles. The van der Waals surface area contributed by atoms with E-state index in [1.165, 1.54) is 18.9 Å². The number of methoxy groups -OCH3 is 1. The normalized spacial score (nSPS) is 25.0. The molecule has 126 valence electrons. The topological polar surface area (TPSA) is 77.4 Å². The number of fused-ring (bicyclic) bond motifs is 1. The van der Waals surface area contributed by atoms with Gasteiger partial charge in [0.1, 0.15) is 0 Å². The highest BCUT2D eigenvalue weighted by molar-refractivity contribution is 5.94. The highest BCUT2D eigenvalue weighted by atomic mass is 16.7. The highest BCUT2D eigenvalue weighted by Gasteiger charge is 2.43. The molecule has 3 rings (SSSR count). The first-order valence-corrected chi connectivity index (χ1v) is 7.60. The van der Waals surface area contributed by atoms with Crippen molar-refractivity contribution in [3.05, 3.63) is 48.2 Å². The molecule has 1 aromatic rings. The van der Waals surface area contributed by atoms with Gasteiger partial charge in [0.15, 0.2) is 12.2 Å². The van der Waals surface area contributed by atoms with Crippen LogP contribution in [0.15, 0.2) is 47.8 Å². The van der Waals surface area contributed by atoms with Crippen molar-refractivity contribution in [2.45, 2.75) is 31.6 Å². The molecular formula is C17H18N2O5. The van der Waals surface area contributed by atoms with Gasteiger partial charge in [0, 0.05) is 18.7 Å². The maximum atomic E-state index is 11.8. The van der Waals surface area contributed by atoms with E-state index in [9.17, 15) is 9.59 Å². The molecule has 0 radical (unpaired) electrons. The summed E-state index contributed by atoms with van der Waals surface area (Å²) in [4.78, 5) is 30.6. The highest BCUT2D eigenvalue weighted by Crippen LogP contribution is 2.28. The van der Waals surface area contributed by atoms with Gasteiger partial charge in [-0.1, -0.05) is 18.2 Å². The maximum absolute atomic E-state index is 11.8. The second kappa shape index (κ2) is 6.74. The van der Waals surface area contributed by atoms with E-state index in [-0.39, 0.29) is 12.3 Å². The third-order valence-electron chi connectivity index (χ3n) is 3.99. The van der Waals surface area contributed by atoms with Crippen LogP contribution in [0.5, 0.6) is 0 Å². The van der Waals surface area contributed by atoms with Crippen molar-refractivity contribution in [2.75, 3.05) is 7.11 Å². The number of benzene rings is 1. The second-order valence-corrected chi connectivity index (χ2v) is 5.53. The Morgan fingerprint density at radius 3 is 2.71 bits per heavy atom. The largest absolute Gasteiger partial charge is 0.469 e. The van der Waals surface area contributed by atoms with Gasteiger partial charge in [-0.2, -0.15) is 0 Å². The average Bonchev–Trinajstić information content (AvgIpc) is 2.61. The number of carbonyl (C=O) groups is 2. The predicted octanol–water partition coefficient (Wildman–Crippen LogP) is 1.44. The van der Waals surface area contributed by atoms with Gasteiger partial charge in [0.05, 0.1) is 19.6 Å². The fraction of sp³-hybridized carbons (Fsp3) is 0.353. The zero-order chi connectivity index (χ0) is 17.1. The minimum Gasteiger partial charge on any atom is -0.469 e. The zero-order valence-electron chi connectivity index (χ0n) is 13.4. The summed E-state index contributed by atoms with van der Waals surface area (Å²) in [6.45, 7) is 1.43. The van der Waals surface area contributed by atoms with Crippen molar-refractivity contribution in [1.29, 1.82) is 0 Å². The molecule has 0 saturated carbocycles. The van der Waals surface area contributed by atoms with Gasteiger partial charge in [0.2, 0.25) is 5.91 Å². The quantitative estimate of drug-likeness (QED) is 0.784. The second-order valence-electron chi connectivity index (χ2n) is 5.53. The van der Waals surface area contributed by atoms with E-state index >= 15 is 0 Å². The molecule has 24 heavy (non-hydrogen) atoms. The van der Waals surface area contributed by atoms with Crippen LogP contribution in [0, 0.1) is 0 Å². The molecule has 0 fully saturated rings. The Morgan fingerprint density at radius 1 is 1.29 bits per heavy atom. The van der Waals surface area contributed by atoms with E-state index in [0.717, 1.165) is 5.56 Å². The van der Waals surface area contributed by atoms with Crippen LogP contribution in [-0.4, -0.2) is 48.0 Å². The molecule has 0 aromatic heterocycles. The fourth-order valence-electron chi connectivity index (χ4n) is 2.78. The Morgan fingerprint density at radius 2 is 2.04 bits per heavy atom. The van der Waals surface area contributed by atoms with Crippen LogP contribution in [0.3, 0.4) is 0 Å². The Balaban J connectivity index is 1.85. The van der Waals surface area contributed by atoms with Gasteiger partial charge >= 0.3 is 5.97 Å². The number of nitrogens with zero attached hydrogens (tertiary/aromatic N) is 2. The lowest BCUT2D eigenvalue weighted by Crippen LogP contribution is -2.55. The van der Waals surface area contributed by atoms with Gasteiger partial charge < -0.3 is 19.2 Å². The summed E-state index contributed by atoms with van der Waals surface area (Å²) in [6.07, 6.45) is 2.33. The molecule has 0 spiro atoms. The van der Waals surface area contributed by atoms with Gasteiger partial charge in [-0.05, 0) is 23.4 Å². The Kier molecular flexibility index (Phi) is 4.50. The third-order valence-corrected chi connectivity index (χ3v) is 3.99. The number of hydrogen-bond acceptors (Lipinski definition) is 6. The van der Waals surface area contributed by atoms with Crippen molar-refractivity contribution >= 4 is 17.8 Å². The molecule has 2 heterocycles. The summed E-state index contributed by atoms with van der Waals surface area (Å²) >= 11 is 0. The number of amides is 1. The lowest BCUT2D eigenvalue weighted by atomic mass is 9.96. The van der Waals surface area contributed by atoms with Crippen LogP contribution >= 0.6 is 0 Å². The smallest absolute Gasteiger partial charge is 0.307 e. The lowest BCUT2D eigenvalue weighted by Gasteiger charge is -2.40. The summed E-state index contributed by atoms with van der Waals surface area (Å²) in [5.74, 6) is -0.253. The summed E-state index contributed by atoms with van der Waals surface area (Å²) < 4.78 is 10.6. The molecule has 1 amide bonds. The average molecular weight is 330 g/mol. The number of rotatable bonds is 3. The maximum Gasteiger partial charge on any atom is 0.307 e. The van der Waals surface area contributed by atoms with Crippen LogP contribution in [0.1, 0.15) is 18.9 Å². The zero-order valence-corrected chi connectivity index (χ0v) is 13.4. The van der Waals surface area contributed by atoms with Crippen LogP contribution in [0.4, 0.5) is 0 Å². The first-order valence-electron chi connectivity index (χ1n) is 7.60. The molecule has 0 bridgehead atoms. The number of esters is 1. The molecule has 7 heteroatoms. The first-order chi connectivity index (χ1) is 11.6. The van der Waals surface area contributed by atoms with Crippen LogP contribution in [0.25, 0.3) is 0 Å². The van der Waals surface area contributed by atoms with E-state index in [1.807, 2.05) is 30.3 Å². The van der Waals surface area contributed by atoms with E-state index in [2.05, 4.69) is 5.16 Å². The molecule has 1 aromatic carbocycles. The fourth-order valence-corrected chi connectivity index (χ4v) is 2.78. The van der Waals surface area contributed by atoms with Crippen molar-refractivity contribution < 1.29 is 23.9 Å². The number of oxime groups is 1. The Labute approximate surface area is 139 Å². The summed E-state index contributed by atoms with van der Waals surface area (Å²) in [5.41, 5.74) is 0.794. The lowest BCUT2D eigenvalue weighted by molar-refractivity contribution is -0.149. The third kappa shape index (κ3) is 3.10. The van der Waals surface area contributed by atoms with Crippen LogP contribution in [-0.2, 0) is 23.9 Å². The molecule has 0 N–H and O–H groups in total. The molecule has 3 atom stereocenters. The molecular weight excluding hydrogens is 312 g/mol. The van der Waals surface area contributed by atoms with E-state index < -0.39 is 24.2 Å². The van der Waals surface area contributed by atoms with Gasteiger partial charge in [-0.3, -0.25) is 9.59 Å². The summed E-state index contributed by atoms with van der Waals surface area (Å²) in [6, 6.07) is 8.84. The minimum atomic E-state index is -0.578. The van der Waals surface area contributed by atoms with Crippen LogP contribution in [0.2, 0.25) is 0 Å². The van der Waals surface area contributed by atoms with Gasteiger partial charge in [-0.25, -0.2) is 0 Å². The molecule has 0 aliphatic carbocycles. The molecule has 7 nitrogen and oxygen atoms in total. The summed E-state index contributed by atoms with van der Waals surface area (Å²) in [5, 5.41) is 4.03. The minimum absolute atomic E-state index is 0.00113. The monoisotopic (exact) mass is 330 g/mol. The molecule has 2 aliphatic rings. The van der Waals surface area contributed by atoms with Crippen LogP contribution < -0.4 is 0 Å². The van der Waals surface area contributed by atoms with Gasteiger partial charge in [-0.15, -0.1) is 0 Å². The number of ether oxygens (including phenoxy) is 2. The predicted molar refractivity (Wildman–Crippen MR) is 84.8 cm³/mol. The standard InChI is InChI=1S/C17H18N2O5/c1-11(20)19-9-8-14-16(13(19)10-15(21)22-2)24-18-17(23-14)12-6-4-3-5-7-12/h3-9,13-14,16H,10H2,1-2H3. The van der Waals surface area contributed by atoms with E-state index in [1.54, 1.807) is 12.3 Å². The van der Waals surface area contributed by atoms with E-state index in [0.29, 0.717) is 5.90 Å². The van der Waals surface area contributed by atoms with E-state index in [4.69, 9.17) is 14.3 Å². The first kappa shape index (κ1) is 16.0. The van der Waals surface area contributed by atoms with Crippen molar-refractivity contribution in [1.82, 2.24) is 4.90 Å². The van der Waals surface area contributed by atoms with Gasteiger partial charge in [0.25, 0.3) is 5.90 Å².